The molecule has 124 valence electrons. The molecule has 0 unspecified atom stereocenters. The number of allylic oxidation sites excluding steroid dienone is 2. The van der Waals surface area contributed by atoms with E-state index in [2.05, 4.69) is 17.3 Å². The average Bonchev–Trinajstić information content (AvgIpc) is 3.23. The summed E-state index contributed by atoms with van der Waals surface area (Å²) in [4.78, 5) is 25.2. The molecule has 0 spiro atoms. The number of hydrazone groups is 1. The van der Waals surface area contributed by atoms with Gasteiger partial charge in [0.2, 0.25) is 0 Å². The molecule has 5 nitrogen and oxygen atoms in total. The lowest BCUT2D eigenvalue weighted by Gasteiger charge is -2.13. The van der Waals surface area contributed by atoms with Gasteiger partial charge in [-0.25, -0.2) is 0 Å². The molecule has 1 saturated heterocycles. The van der Waals surface area contributed by atoms with Gasteiger partial charge in [0.15, 0.2) is 0 Å². The first-order chi connectivity index (χ1) is 11.6. The fourth-order valence-electron chi connectivity index (χ4n) is 4.03. The zero-order chi connectivity index (χ0) is 16.8. The number of rotatable bonds is 4. The van der Waals surface area contributed by atoms with Crippen LogP contribution in [0.25, 0.3) is 0 Å². The number of carbonyl (C=O) groups is 2. The Morgan fingerprint density at radius 1 is 1.25 bits per heavy atom. The molecule has 1 aromatic carbocycles. The normalized spacial score (nSPS) is 30.7. The first-order valence-electron chi connectivity index (χ1n) is 8.12. The molecule has 2 fully saturated rings. The van der Waals surface area contributed by atoms with Crippen LogP contribution in [0.4, 0.5) is 0 Å². The number of benzene rings is 1. The topological polar surface area (TPSA) is 59.0 Å². The van der Waals surface area contributed by atoms with Crippen molar-refractivity contribution in [1.29, 1.82) is 0 Å². The van der Waals surface area contributed by atoms with Gasteiger partial charge >= 0.3 is 0 Å². The Kier molecular flexibility index (Phi) is 3.68. The molecule has 3 aliphatic rings. The van der Waals surface area contributed by atoms with Crippen LogP contribution in [-0.4, -0.2) is 29.6 Å². The highest BCUT2D eigenvalue weighted by Crippen LogP contribution is 2.52. The number of hydrogen-bond acceptors (Lipinski definition) is 4. The quantitative estimate of drug-likeness (QED) is 0.479. The van der Waals surface area contributed by atoms with Crippen LogP contribution in [-0.2, 0) is 9.59 Å². The molecule has 1 aromatic rings. The van der Waals surface area contributed by atoms with E-state index in [0.717, 1.165) is 11.4 Å². The van der Waals surface area contributed by atoms with Crippen molar-refractivity contribution in [1.82, 2.24) is 5.01 Å². The highest BCUT2D eigenvalue weighted by Gasteiger charge is 2.59. The lowest BCUT2D eigenvalue weighted by molar-refractivity contribution is -0.140. The molecule has 2 amide bonds. The van der Waals surface area contributed by atoms with E-state index >= 15 is 0 Å². The van der Waals surface area contributed by atoms with E-state index in [1.165, 1.54) is 6.21 Å². The van der Waals surface area contributed by atoms with Crippen molar-refractivity contribution in [2.45, 2.75) is 13.3 Å². The maximum atomic E-state index is 12.6. The minimum absolute atomic E-state index is 0.182. The number of carbonyl (C=O) groups excluding carboxylic acids is 2. The van der Waals surface area contributed by atoms with E-state index in [-0.39, 0.29) is 35.5 Å². The Morgan fingerprint density at radius 2 is 1.92 bits per heavy atom. The number of ether oxygens (including phenoxy) is 1. The predicted octanol–water partition coefficient (Wildman–Crippen LogP) is 2.88. The van der Waals surface area contributed by atoms with Crippen molar-refractivity contribution in [3.8, 4) is 5.75 Å². The summed E-state index contributed by atoms with van der Waals surface area (Å²) in [7, 11) is 0. The average molecular weight is 345 g/mol. The van der Waals surface area contributed by atoms with E-state index < -0.39 is 0 Å². The molecular formula is C18H17ClN2O3. The summed E-state index contributed by atoms with van der Waals surface area (Å²) in [6.45, 7) is 2.39. The SMILES string of the molecule is CCOc1ccc(Cl)cc1C=NN1C(=O)[C@@H]2[C@H](C1=O)[C@H]1C=C[C@H]2C1. The first kappa shape index (κ1) is 15.4. The van der Waals surface area contributed by atoms with Crippen molar-refractivity contribution >= 4 is 29.6 Å². The highest BCUT2D eigenvalue weighted by atomic mass is 35.5. The van der Waals surface area contributed by atoms with Gasteiger partial charge in [-0.3, -0.25) is 9.59 Å². The molecule has 2 bridgehead atoms. The number of amides is 2. The van der Waals surface area contributed by atoms with Crippen LogP contribution in [0, 0.1) is 23.7 Å². The molecule has 24 heavy (non-hydrogen) atoms. The second-order valence-electron chi connectivity index (χ2n) is 6.35. The molecular weight excluding hydrogens is 328 g/mol. The van der Waals surface area contributed by atoms with Crippen LogP contribution in [0.2, 0.25) is 5.02 Å². The van der Waals surface area contributed by atoms with Gasteiger partial charge in [-0.05, 0) is 43.4 Å². The summed E-state index contributed by atoms with van der Waals surface area (Å²) >= 11 is 6.02. The van der Waals surface area contributed by atoms with Crippen molar-refractivity contribution in [3.05, 3.63) is 40.9 Å². The van der Waals surface area contributed by atoms with E-state index in [0.29, 0.717) is 22.9 Å². The highest BCUT2D eigenvalue weighted by molar-refractivity contribution is 6.30. The van der Waals surface area contributed by atoms with Gasteiger partial charge in [0, 0.05) is 10.6 Å². The van der Waals surface area contributed by atoms with Crippen LogP contribution in [0.5, 0.6) is 5.75 Å². The zero-order valence-electron chi connectivity index (χ0n) is 13.2. The van der Waals surface area contributed by atoms with Crippen molar-refractivity contribution in [2.75, 3.05) is 6.61 Å². The second-order valence-corrected chi connectivity index (χ2v) is 6.78. The summed E-state index contributed by atoms with van der Waals surface area (Å²) in [5.74, 6) is 0.109. The van der Waals surface area contributed by atoms with E-state index in [1.54, 1.807) is 18.2 Å². The molecule has 4 atom stereocenters. The molecule has 4 rings (SSSR count). The van der Waals surface area contributed by atoms with Gasteiger partial charge in [-0.15, -0.1) is 0 Å². The molecule has 0 aromatic heterocycles. The summed E-state index contributed by atoms with van der Waals surface area (Å²) in [5, 5.41) is 5.73. The maximum absolute atomic E-state index is 12.6. The largest absolute Gasteiger partial charge is 0.493 e. The molecule has 2 aliphatic carbocycles. The Morgan fingerprint density at radius 3 is 2.54 bits per heavy atom. The van der Waals surface area contributed by atoms with Gasteiger partial charge in [0.05, 0.1) is 24.7 Å². The lowest BCUT2D eigenvalue weighted by Crippen LogP contribution is -2.28. The van der Waals surface area contributed by atoms with Gasteiger partial charge < -0.3 is 4.74 Å². The van der Waals surface area contributed by atoms with E-state index in [1.807, 2.05) is 6.92 Å². The van der Waals surface area contributed by atoms with Crippen molar-refractivity contribution in [3.63, 3.8) is 0 Å². The Hall–Kier alpha value is -2.14. The summed E-state index contributed by atoms with van der Waals surface area (Å²) in [5.41, 5.74) is 0.642. The minimum Gasteiger partial charge on any atom is -0.493 e. The maximum Gasteiger partial charge on any atom is 0.254 e. The molecule has 0 radical (unpaired) electrons. The predicted molar refractivity (Wildman–Crippen MR) is 89.8 cm³/mol. The summed E-state index contributed by atoms with van der Waals surface area (Å²) in [6.07, 6.45) is 6.51. The monoisotopic (exact) mass is 344 g/mol. The van der Waals surface area contributed by atoms with Crippen LogP contribution in [0.1, 0.15) is 18.9 Å². The lowest BCUT2D eigenvalue weighted by atomic mass is 9.85. The molecule has 6 heteroatoms. The fraction of sp³-hybridized carbons (Fsp3) is 0.389. The number of fused-ring (bicyclic) bond motifs is 5. The zero-order valence-corrected chi connectivity index (χ0v) is 13.9. The van der Waals surface area contributed by atoms with Crippen LogP contribution in [0.15, 0.2) is 35.5 Å². The molecule has 0 N–H and O–H groups in total. The van der Waals surface area contributed by atoms with Gasteiger partial charge in [0.25, 0.3) is 11.8 Å². The Labute approximate surface area is 144 Å². The summed E-state index contributed by atoms with van der Waals surface area (Å²) in [6, 6.07) is 5.18. The van der Waals surface area contributed by atoms with Crippen LogP contribution in [0.3, 0.4) is 0 Å². The van der Waals surface area contributed by atoms with E-state index in [9.17, 15) is 9.59 Å². The van der Waals surface area contributed by atoms with Crippen LogP contribution >= 0.6 is 11.6 Å². The van der Waals surface area contributed by atoms with Crippen molar-refractivity contribution in [2.24, 2.45) is 28.8 Å². The Balaban J connectivity index is 1.60. The standard InChI is InChI=1S/C18H17ClN2O3/c1-2-24-14-6-5-13(19)8-12(14)9-20-21-17(22)15-10-3-4-11(7-10)16(15)18(21)23/h3-6,8-11,15-16H,2,7H2,1H3/t10-,11-,15-,16+/m0/s1. The Bertz CT molecular complexity index is 744. The molecule has 1 heterocycles. The number of imide groups is 1. The minimum atomic E-state index is -0.240. The van der Waals surface area contributed by atoms with Gasteiger partial charge in [-0.1, -0.05) is 23.8 Å². The molecule has 1 saturated carbocycles. The smallest absolute Gasteiger partial charge is 0.254 e. The van der Waals surface area contributed by atoms with Crippen molar-refractivity contribution < 1.29 is 14.3 Å². The molecule has 1 aliphatic heterocycles. The fourth-order valence-corrected chi connectivity index (χ4v) is 4.21. The van der Waals surface area contributed by atoms with E-state index in [4.69, 9.17) is 16.3 Å². The third kappa shape index (κ3) is 2.26. The first-order valence-corrected chi connectivity index (χ1v) is 8.50. The number of hydrogen-bond donors (Lipinski definition) is 0. The van der Waals surface area contributed by atoms with Gasteiger partial charge in [0.1, 0.15) is 5.75 Å². The van der Waals surface area contributed by atoms with Gasteiger partial charge in [-0.2, -0.15) is 10.1 Å². The third-order valence-corrected chi connectivity index (χ3v) is 5.27. The summed E-state index contributed by atoms with van der Waals surface area (Å²) < 4.78 is 5.53. The van der Waals surface area contributed by atoms with Crippen LogP contribution < -0.4 is 4.74 Å². The number of halogens is 1. The second kappa shape index (κ2) is 5.74. The third-order valence-electron chi connectivity index (χ3n) is 5.03. The number of nitrogens with zero attached hydrogens (tertiary/aromatic N) is 2.